The Kier molecular flexibility index (Phi) is 4.91. The van der Waals surface area contributed by atoms with Crippen LogP contribution in [0.25, 0.3) is 22.3 Å². The van der Waals surface area contributed by atoms with Crippen LogP contribution in [0.1, 0.15) is 12.5 Å². The molecule has 0 N–H and O–H groups in total. The Morgan fingerprint density at radius 3 is 1.80 bits per heavy atom. The van der Waals surface area contributed by atoms with Gasteiger partial charge in [0.25, 0.3) is 0 Å². The van der Waals surface area contributed by atoms with Crippen LogP contribution in [0.5, 0.6) is 0 Å². The van der Waals surface area contributed by atoms with Gasteiger partial charge in [0, 0.05) is 5.30 Å². The van der Waals surface area contributed by atoms with E-state index in [-0.39, 0.29) is 16.4 Å². The number of rotatable bonds is 3. The maximum Gasteiger partial charge on any atom is 0.165 e. The fourth-order valence-electron chi connectivity index (χ4n) is 2.70. The molecule has 0 fully saturated rings. The lowest BCUT2D eigenvalue weighted by molar-refractivity contribution is 0.514. The molecule has 1 unspecified atom stereocenters. The summed E-state index contributed by atoms with van der Waals surface area (Å²) in [4.78, 5) is 0. The third-order valence-corrected chi connectivity index (χ3v) is 4.50. The predicted molar refractivity (Wildman–Crippen MR) is 95.9 cm³/mol. The van der Waals surface area contributed by atoms with E-state index in [0.29, 0.717) is 11.1 Å². The summed E-state index contributed by atoms with van der Waals surface area (Å²) in [6, 6.07) is 11.8. The molecule has 128 valence electrons. The summed E-state index contributed by atoms with van der Waals surface area (Å²) < 4.78 is 56.0. The van der Waals surface area contributed by atoms with E-state index in [1.807, 2.05) is 28.3 Å². The van der Waals surface area contributed by atoms with Gasteiger partial charge in [-0.2, -0.15) is 0 Å². The van der Waals surface area contributed by atoms with Crippen LogP contribution in [0.2, 0.25) is 0 Å². The molecule has 3 aromatic carbocycles. The van der Waals surface area contributed by atoms with Crippen molar-refractivity contribution in [1.29, 1.82) is 0 Å². The maximum absolute atomic E-state index is 14.5. The van der Waals surface area contributed by atoms with Gasteiger partial charge in [-0.3, -0.25) is 0 Å². The number of hydrogen-bond acceptors (Lipinski definition) is 0. The molecule has 25 heavy (non-hydrogen) atoms. The molecule has 1 atom stereocenters. The van der Waals surface area contributed by atoms with E-state index in [9.17, 15) is 17.6 Å². The number of benzene rings is 3. The summed E-state index contributed by atoms with van der Waals surface area (Å²) in [5, 5.41) is -0.0898. The molecular weight excluding hydrogens is 347 g/mol. The topological polar surface area (TPSA) is 0 Å². The largest absolute Gasteiger partial charge is 0.206 e. The molecule has 3 aromatic rings. The lowest BCUT2D eigenvalue weighted by Gasteiger charge is -2.11. The van der Waals surface area contributed by atoms with E-state index in [0.717, 1.165) is 18.1 Å². The molecule has 0 heterocycles. The SMILES string of the molecule is CCc1ccc(-c2cc(F)c(-c3cc(F)c(F)c(P)c3)c(F)c2)cc1. The average molecular weight is 362 g/mol. The first kappa shape index (κ1) is 17.6. The molecule has 0 aromatic heterocycles. The van der Waals surface area contributed by atoms with Gasteiger partial charge in [-0.1, -0.05) is 31.2 Å². The van der Waals surface area contributed by atoms with Gasteiger partial charge in [-0.25, -0.2) is 17.6 Å². The van der Waals surface area contributed by atoms with Crippen LogP contribution in [-0.2, 0) is 6.42 Å². The van der Waals surface area contributed by atoms with Crippen molar-refractivity contribution < 1.29 is 17.6 Å². The maximum atomic E-state index is 14.5. The van der Waals surface area contributed by atoms with Gasteiger partial charge in [0.1, 0.15) is 11.6 Å². The molecule has 3 rings (SSSR count). The minimum atomic E-state index is -1.15. The molecule has 0 bridgehead atoms. The first-order valence-electron chi connectivity index (χ1n) is 7.74. The molecule has 0 aliphatic heterocycles. The average Bonchev–Trinajstić information content (AvgIpc) is 2.59. The first-order chi connectivity index (χ1) is 11.9. The monoisotopic (exact) mass is 362 g/mol. The Labute approximate surface area is 145 Å². The van der Waals surface area contributed by atoms with Gasteiger partial charge in [0.15, 0.2) is 11.6 Å². The van der Waals surface area contributed by atoms with Crippen LogP contribution in [0.3, 0.4) is 0 Å². The van der Waals surface area contributed by atoms with Gasteiger partial charge in [0.05, 0.1) is 5.56 Å². The number of aryl methyl sites for hydroxylation is 1. The molecule has 0 amide bonds. The van der Waals surface area contributed by atoms with E-state index in [2.05, 4.69) is 0 Å². The molecule has 0 spiro atoms. The van der Waals surface area contributed by atoms with Crippen molar-refractivity contribution >= 4 is 14.5 Å². The Balaban J connectivity index is 2.09. The lowest BCUT2D eigenvalue weighted by atomic mass is 9.98. The highest BCUT2D eigenvalue weighted by molar-refractivity contribution is 7.27. The zero-order valence-corrected chi connectivity index (χ0v) is 14.6. The summed E-state index contributed by atoms with van der Waals surface area (Å²) in [7, 11) is 2.02. The van der Waals surface area contributed by atoms with Crippen LogP contribution in [-0.4, -0.2) is 0 Å². The Hall–Kier alpha value is -2.19. The van der Waals surface area contributed by atoms with Crippen LogP contribution in [0.15, 0.2) is 48.5 Å². The molecule has 0 saturated carbocycles. The summed E-state index contributed by atoms with van der Waals surface area (Å²) in [6.07, 6.45) is 0.870. The number of hydrogen-bond donors (Lipinski definition) is 0. The first-order valence-corrected chi connectivity index (χ1v) is 8.31. The van der Waals surface area contributed by atoms with Crippen molar-refractivity contribution in [2.45, 2.75) is 13.3 Å². The Morgan fingerprint density at radius 2 is 1.28 bits per heavy atom. The third-order valence-electron chi connectivity index (χ3n) is 4.08. The third kappa shape index (κ3) is 3.45. The van der Waals surface area contributed by atoms with Crippen molar-refractivity contribution in [1.82, 2.24) is 0 Å². The van der Waals surface area contributed by atoms with Crippen molar-refractivity contribution in [3.63, 3.8) is 0 Å². The van der Waals surface area contributed by atoms with Gasteiger partial charge in [0.2, 0.25) is 0 Å². The molecule has 0 saturated heterocycles. The van der Waals surface area contributed by atoms with Crippen molar-refractivity contribution in [3.05, 3.63) is 77.4 Å². The van der Waals surface area contributed by atoms with Crippen LogP contribution >= 0.6 is 9.24 Å². The second kappa shape index (κ2) is 6.97. The van der Waals surface area contributed by atoms with Crippen LogP contribution < -0.4 is 5.30 Å². The second-order valence-electron chi connectivity index (χ2n) is 5.73. The highest BCUT2D eigenvalue weighted by Crippen LogP contribution is 2.32. The van der Waals surface area contributed by atoms with Gasteiger partial charge in [-0.15, -0.1) is 9.24 Å². The lowest BCUT2D eigenvalue weighted by Crippen LogP contribution is -2.04. The van der Waals surface area contributed by atoms with Gasteiger partial charge in [-0.05, 0) is 52.9 Å². The van der Waals surface area contributed by atoms with E-state index in [1.54, 1.807) is 12.1 Å². The Morgan fingerprint density at radius 1 is 0.720 bits per heavy atom. The van der Waals surface area contributed by atoms with Crippen molar-refractivity contribution in [3.8, 4) is 22.3 Å². The molecule has 0 radical (unpaired) electrons. The summed E-state index contributed by atoms with van der Waals surface area (Å²) in [5.41, 5.74) is 1.76. The predicted octanol–water partition coefficient (Wildman–Crippen LogP) is 5.64. The van der Waals surface area contributed by atoms with E-state index < -0.39 is 23.3 Å². The van der Waals surface area contributed by atoms with Crippen LogP contribution in [0.4, 0.5) is 17.6 Å². The molecule has 0 aliphatic rings. The fourth-order valence-corrected chi connectivity index (χ4v) is 3.02. The van der Waals surface area contributed by atoms with Gasteiger partial charge < -0.3 is 0 Å². The van der Waals surface area contributed by atoms with Crippen molar-refractivity contribution in [2.75, 3.05) is 0 Å². The van der Waals surface area contributed by atoms with E-state index >= 15 is 0 Å². The highest BCUT2D eigenvalue weighted by atomic mass is 31.0. The summed E-state index contributed by atoms with van der Waals surface area (Å²) in [6.45, 7) is 2.02. The summed E-state index contributed by atoms with van der Waals surface area (Å²) in [5.74, 6) is -3.86. The quantitative estimate of drug-likeness (QED) is 0.418. The zero-order valence-electron chi connectivity index (χ0n) is 13.4. The molecular formula is C20H15F4P. The fraction of sp³-hybridized carbons (Fsp3) is 0.100. The standard InChI is InChI=1S/C20H15F4P/c1-2-11-3-5-12(6-4-11)13-7-15(21)19(16(22)8-13)14-9-17(23)20(24)18(25)10-14/h3-10H,2,25H2,1H3. The molecule has 0 nitrogen and oxygen atoms in total. The molecule has 5 heteroatoms. The smallest absolute Gasteiger partial charge is 0.165 e. The normalized spacial score (nSPS) is 11.0. The van der Waals surface area contributed by atoms with Gasteiger partial charge >= 0.3 is 0 Å². The van der Waals surface area contributed by atoms with E-state index in [1.165, 1.54) is 18.2 Å². The minimum Gasteiger partial charge on any atom is -0.206 e. The number of halogens is 4. The summed E-state index contributed by atoms with van der Waals surface area (Å²) >= 11 is 0. The van der Waals surface area contributed by atoms with E-state index in [4.69, 9.17) is 0 Å². The Bertz CT molecular complexity index is 887. The highest BCUT2D eigenvalue weighted by Gasteiger charge is 2.17. The zero-order chi connectivity index (χ0) is 18.1. The second-order valence-corrected chi connectivity index (χ2v) is 6.35. The minimum absolute atomic E-state index is 0.0493. The van der Waals surface area contributed by atoms with Crippen LogP contribution in [0, 0.1) is 23.3 Å². The molecule has 0 aliphatic carbocycles. The van der Waals surface area contributed by atoms with Crippen molar-refractivity contribution in [2.24, 2.45) is 0 Å².